The maximum Gasteiger partial charge on any atom is 0.573 e. The number of benzene rings is 3. The fourth-order valence-corrected chi connectivity index (χ4v) is 2.77. The molecule has 0 fully saturated rings. The second-order valence-electron chi connectivity index (χ2n) is 6.77. The molecule has 0 aromatic heterocycles. The van der Waals surface area contributed by atoms with E-state index in [9.17, 15) is 18.0 Å². The van der Waals surface area contributed by atoms with Crippen LogP contribution in [0.1, 0.15) is 17.5 Å². The molecule has 0 aliphatic carbocycles. The van der Waals surface area contributed by atoms with Crippen molar-refractivity contribution in [1.82, 2.24) is 0 Å². The van der Waals surface area contributed by atoms with Gasteiger partial charge in [0.2, 0.25) is 0 Å². The molecule has 3 aromatic rings. The number of esters is 1. The van der Waals surface area contributed by atoms with Crippen molar-refractivity contribution in [1.29, 1.82) is 0 Å². The van der Waals surface area contributed by atoms with Gasteiger partial charge in [-0.25, -0.2) is 0 Å². The number of methoxy groups -OCH3 is 1. The molecule has 0 saturated heterocycles. The summed E-state index contributed by atoms with van der Waals surface area (Å²) in [5, 5.41) is 0. The first kappa shape index (κ1) is 23.0. The molecule has 0 unspecified atom stereocenters. The number of carbonyl (C=O) groups is 1. The minimum atomic E-state index is -4.73. The van der Waals surface area contributed by atoms with Crippen molar-refractivity contribution in [2.24, 2.45) is 0 Å². The zero-order chi connectivity index (χ0) is 23.0. The monoisotopic (exact) mass is 446 g/mol. The third-order valence-electron chi connectivity index (χ3n) is 4.39. The summed E-state index contributed by atoms with van der Waals surface area (Å²) in [6.45, 7) is 0.352. The minimum absolute atomic E-state index is 0.245. The Labute approximate surface area is 183 Å². The van der Waals surface area contributed by atoms with Crippen molar-refractivity contribution >= 4 is 5.97 Å². The second-order valence-corrected chi connectivity index (χ2v) is 6.77. The van der Waals surface area contributed by atoms with Crippen LogP contribution in [0, 0.1) is 0 Å². The van der Waals surface area contributed by atoms with Crippen LogP contribution in [-0.4, -0.2) is 19.4 Å². The average Bonchev–Trinajstić information content (AvgIpc) is 2.78. The Kier molecular flexibility index (Phi) is 7.59. The molecule has 0 aliphatic heterocycles. The second kappa shape index (κ2) is 10.6. The van der Waals surface area contributed by atoms with E-state index in [4.69, 9.17) is 9.47 Å². The normalized spacial score (nSPS) is 11.0. The van der Waals surface area contributed by atoms with Crippen LogP contribution >= 0.6 is 0 Å². The van der Waals surface area contributed by atoms with Gasteiger partial charge in [0.25, 0.3) is 0 Å². The van der Waals surface area contributed by atoms with Crippen molar-refractivity contribution in [3.05, 3.63) is 83.9 Å². The highest BCUT2D eigenvalue weighted by Crippen LogP contribution is 2.27. The number of alkyl halides is 3. The number of aryl methyl sites for hydroxylation is 1. The Morgan fingerprint density at radius 2 is 1.25 bits per heavy atom. The summed E-state index contributed by atoms with van der Waals surface area (Å²) >= 11 is 0. The molecule has 8 heteroatoms. The number of halogens is 3. The fourth-order valence-electron chi connectivity index (χ4n) is 2.77. The molecule has 32 heavy (non-hydrogen) atoms. The van der Waals surface area contributed by atoms with Gasteiger partial charge in [-0.2, -0.15) is 0 Å². The van der Waals surface area contributed by atoms with Crippen molar-refractivity contribution < 1.29 is 36.9 Å². The van der Waals surface area contributed by atoms with Gasteiger partial charge < -0.3 is 18.9 Å². The first-order chi connectivity index (χ1) is 15.3. The van der Waals surface area contributed by atoms with Crippen molar-refractivity contribution in [3.63, 3.8) is 0 Å². The van der Waals surface area contributed by atoms with Crippen molar-refractivity contribution in [2.45, 2.75) is 25.8 Å². The highest BCUT2D eigenvalue weighted by molar-refractivity contribution is 5.69. The smallest absolute Gasteiger partial charge is 0.489 e. The topological polar surface area (TPSA) is 54.0 Å². The minimum Gasteiger partial charge on any atom is -0.489 e. The summed E-state index contributed by atoms with van der Waals surface area (Å²) in [6, 6.07) is 19.8. The van der Waals surface area contributed by atoms with Gasteiger partial charge in [0.05, 0.1) is 7.11 Å². The molecular formula is C24H21F3O5. The molecular weight excluding hydrogens is 425 g/mol. The molecule has 3 aromatic carbocycles. The molecule has 168 valence electrons. The van der Waals surface area contributed by atoms with E-state index in [0.29, 0.717) is 36.7 Å². The number of hydrogen-bond donors (Lipinski definition) is 0. The van der Waals surface area contributed by atoms with Gasteiger partial charge in [0, 0.05) is 6.42 Å². The van der Waals surface area contributed by atoms with E-state index < -0.39 is 6.36 Å². The first-order valence-corrected chi connectivity index (χ1v) is 9.72. The van der Waals surface area contributed by atoms with E-state index in [2.05, 4.69) is 9.47 Å². The largest absolute Gasteiger partial charge is 0.573 e. The summed E-state index contributed by atoms with van der Waals surface area (Å²) in [6.07, 6.45) is -3.80. The summed E-state index contributed by atoms with van der Waals surface area (Å²) in [7, 11) is 1.37. The summed E-state index contributed by atoms with van der Waals surface area (Å²) in [5.74, 6) is 1.07. The number of rotatable bonds is 9. The van der Waals surface area contributed by atoms with Gasteiger partial charge >= 0.3 is 12.3 Å². The molecule has 0 amide bonds. The van der Waals surface area contributed by atoms with Gasteiger partial charge in [0.1, 0.15) is 29.6 Å². The van der Waals surface area contributed by atoms with Crippen LogP contribution in [0.3, 0.4) is 0 Å². The molecule has 0 N–H and O–H groups in total. The molecule has 0 bridgehead atoms. The van der Waals surface area contributed by atoms with E-state index in [1.165, 1.54) is 31.4 Å². The predicted molar refractivity (Wildman–Crippen MR) is 111 cm³/mol. The van der Waals surface area contributed by atoms with Crippen LogP contribution in [0.15, 0.2) is 72.8 Å². The molecule has 0 atom stereocenters. The number of ether oxygens (including phenoxy) is 4. The SMILES string of the molecule is COC(=O)CCc1ccc(OCc2ccc(Oc3ccc(OC(F)(F)F)cc3)cc2)cc1. The lowest BCUT2D eigenvalue weighted by Crippen LogP contribution is -2.16. The lowest BCUT2D eigenvalue weighted by atomic mass is 10.1. The molecule has 0 aliphatic rings. The molecule has 0 spiro atoms. The van der Waals surface area contributed by atoms with Gasteiger partial charge in [-0.15, -0.1) is 13.2 Å². The molecule has 0 heterocycles. The Balaban J connectivity index is 1.48. The van der Waals surface area contributed by atoms with Crippen LogP contribution in [0.25, 0.3) is 0 Å². The summed E-state index contributed by atoms with van der Waals surface area (Å²) < 4.78 is 56.5. The van der Waals surface area contributed by atoms with Crippen LogP contribution in [0.5, 0.6) is 23.0 Å². The zero-order valence-electron chi connectivity index (χ0n) is 17.2. The number of hydrogen-bond acceptors (Lipinski definition) is 5. The van der Waals surface area contributed by atoms with Crippen LogP contribution in [0.2, 0.25) is 0 Å². The standard InChI is InChI=1S/C24H21F3O5/c1-29-23(28)15-6-17-2-7-19(8-3-17)30-16-18-4-9-20(10-5-18)31-21-11-13-22(14-12-21)32-24(25,26)27/h2-5,7-14H,6,15-16H2,1H3. The molecule has 0 radical (unpaired) electrons. The van der Waals surface area contributed by atoms with Crippen molar-refractivity contribution in [3.8, 4) is 23.0 Å². The lowest BCUT2D eigenvalue weighted by Gasteiger charge is -2.11. The van der Waals surface area contributed by atoms with Gasteiger partial charge in [-0.05, 0) is 66.1 Å². The quantitative estimate of drug-likeness (QED) is 0.374. The van der Waals surface area contributed by atoms with Gasteiger partial charge in [-0.1, -0.05) is 24.3 Å². The Morgan fingerprint density at radius 3 is 1.81 bits per heavy atom. The van der Waals surface area contributed by atoms with E-state index >= 15 is 0 Å². The van der Waals surface area contributed by atoms with Gasteiger partial charge in [0.15, 0.2) is 0 Å². The molecule has 5 nitrogen and oxygen atoms in total. The zero-order valence-corrected chi connectivity index (χ0v) is 17.2. The maximum atomic E-state index is 12.2. The molecule has 0 saturated carbocycles. The Morgan fingerprint density at radius 1 is 0.750 bits per heavy atom. The van der Waals surface area contributed by atoms with E-state index in [-0.39, 0.29) is 11.7 Å². The Bertz CT molecular complexity index is 998. The maximum absolute atomic E-state index is 12.2. The predicted octanol–water partition coefficient (Wildman–Crippen LogP) is 6.06. The Hall–Kier alpha value is -3.68. The van der Waals surface area contributed by atoms with Crippen LogP contribution in [0.4, 0.5) is 13.2 Å². The van der Waals surface area contributed by atoms with E-state index in [0.717, 1.165) is 11.1 Å². The third kappa shape index (κ3) is 7.54. The highest BCUT2D eigenvalue weighted by Gasteiger charge is 2.30. The van der Waals surface area contributed by atoms with Crippen LogP contribution in [-0.2, 0) is 22.6 Å². The third-order valence-corrected chi connectivity index (χ3v) is 4.39. The van der Waals surface area contributed by atoms with E-state index in [1.54, 1.807) is 12.1 Å². The number of carbonyl (C=O) groups excluding carboxylic acids is 1. The van der Waals surface area contributed by atoms with E-state index in [1.807, 2.05) is 36.4 Å². The summed E-state index contributed by atoms with van der Waals surface area (Å²) in [4.78, 5) is 11.2. The highest BCUT2D eigenvalue weighted by atomic mass is 19.4. The van der Waals surface area contributed by atoms with Crippen LogP contribution < -0.4 is 14.2 Å². The van der Waals surface area contributed by atoms with Gasteiger partial charge in [-0.3, -0.25) is 4.79 Å². The van der Waals surface area contributed by atoms with Crippen molar-refractivity contribution in [2.75, 3.05) is 7.11 Å². The molecule has 3 rings (SSSR count). The summed E-state index contributed by atoms with van der Waals surface area (Å²) in [5.41, 5.74) is 1.93. The average molecular weight is 446 g/mol. The first-order valence-electron chi connectivity index (χ1n) is 9.72. The fraction of sp³-hybridized carbons (Fsp3) is 0.208. The lowest BCUT2D eigenvalue weighted by molar-refractivity contribution is -0.274.